The van der Waals surface area contributed by atoms with Crippen molar-refractivity contribution in [3.05, 3.63) is 53.9 Å². The fraction of sp³-hybridized carbons (Fsp3) is 0.400. The molecule has 0 fully saturated rings. The summed E-state index contributed by atoms with van der Waals surface area (Å²) in [6.45, 7) is 6.01. The van der Waals surface area contributed by atoms with Crippen molar-refractivity contribution in [2.75, 3.05) is 12.0 Å². The molecule has 0 N–H and O–H groups in total. The van der Waals surface area contributed by atoms with Gasteiger partial charge in [0.1, 0.15) is 29.2 Å². The van der Waals surface area contributed by atoms with Crippen LogP contribution in [0.1, 0.15) is 56.0 Å². The van der Waals surface area contributed by atoms with Gasteiger partial charge in [0.15, 0.2) is 5.82 Å². The monoisotopic (exact) mass is 463 g/mol. The number of hydrogen-bond acceptors (Lipinski definition) is 7. The third-order valence-corrected chi connectivity index (χ3v) is 5.48. The van der Waals surface area contributed by atoms with E-state index in [0.29, 0.717) is 29.3 Å². The van der Waals surface area contributed by atoms with Crippen LogP contribution in [0.4, 0.5) is 10.6 Å². The molecular formula is C25H29N5O4. The summed E-state index contributed by atoms with van der Waals surface area (Å²) in [4.78, 5) is 32.8. The van der Waals surface area contributed by atoms with E-state index in [1.54, 1.807) is 58.5 Å². The van der Waals surface area contributed by atoms with Crippen LogP contribution in [-0.4, -0.2) is 44.5 Å². The van der Waals surface area contributed by atoms with Crippen molar-refractivity contribution < 1.29 is 19.1 Å². The number of fused-ring (bicyclic) bond motifs is 5. The Labute approximate surface area is 198 Å². The summed E-state index contributed by atoms with van der Waals surface area (Å²) in [6.07, 6.45) is 4.35. The molecule has 0 atom stereocenters. The highest BCUT2D eigenvalue weighted by atomic mass is 16.6. The highest BCUT2D eigenvalue weighted by molar-refractivity contribution is 6.19. The summed E-state index contributed by atoms with van der Waals surface area (Å²) >= 11 is 0. The van der Waals surface area contributed by atoms with Crippen LogP contribution in [0, 0.1) is 0 Å². The van der Waals surface area contributed by atoms with Crippen LogP contribution in [0.15, 0.2) is 42.7 Å². The first kappa shape index (κ1) is 23.4. The van der Waals surface area contributed by atoms with E-state index >= 15 is 0 Å². The molecule has 1 aromatic carbocycles. The molecule has 3 heterocycles. The number of carbonyl (C=O) groups excluding carboxylic acids is 2. The maximum atomic E-state index is 13.9. The Kier molecular flexibility index (Phi) is 6.63. The maximum absolute atomic E-state index is 13.9. The predicted octanol–water partition coefficient (Wildman–Crippen LogP) is 4.66. The average Bonchev–Trinajstić information content (AvgIpc) is 3.26. The van der Waals surface area contributed by atoms with E-state index in [1.807, 2.05) is 16.7 Å². The molecule has 0 radical (unpaired) electrons. The molecule has 0 spiro atoms. The fourth-order valence-corrected chi connectivity index (χ4v) is 3.87. The topological polar surface area (TPSA) is 99.4 Å². The van der Waals surface area contributed by atoms with Crippen LogP contribution < -0.4 is 9.64 Å². The van der Waals surface area contributed by atoms with Gasteiger partial charge in [0, 0.05) is 12.1 Å². The number of anilines is 1. The van der Waals surface area contributed by atoms with Crippen LogP contribution in [-0.2, 0) is 17.7 Å². The lowest BCUT2D eigenvalue weighted by molar-refractivity contribution is 0.0563. The molecule has 2 amide bonds. The van der Waals surface area contributed by atoms with Crippen molar-refractivity contribution in [1.29, 1.82) is 0 Å². The lowest BCUT2D eigenvalue weighted by Crippen LogP contribution is -2.42. The number of methoxy groups -OCH3 is 1. The lowest BCUT2D eigenvalue weighted by atomic mass is 9.99. The molecule has 2 aromatic heterocycles. The van der Waals surface area contributed by atoms with Gasteiger partial charge in [0.25, 0.3) is 5.91 Å². The molecule has 0 aliphatic carbocycles. The first-order chi connectivity index (χ1) is 16.3. The fourth-order valence-electron chi connectivity index (χ4n) is 3.87. The summed E-state index contributed by atoms with van der Waals surface area (Å²) in [7, 11) is 1.54. The number of rotatable bonds is 1. The van der Waals surface area contributed by atoms with E-state index in [2.05, 4.69) is 15.2 Å². The number of amides is 2. The molecule has 9 heteroatoms. The van der Waals surface area contributed by atoms with Gasteiger partial charge in [-0.15, -0.1) is 10.2 Å². The summed E-state index contributed by atoms with van der Waals surface area (Å²) < 4.78 is 12.9. The molecule has 178 valence electrons. The van der Waals surface area contributed by atoms with Gasteiger partial charge in [-0.05, 0) is 69.9 Å². The normalized spacial score (nSPS) is 14.6. The highest BCUT2D eigenvalue weighted by Crippen LogP contribution is 2.27. The second-order valence-corrected chi connectivity index (χ2v) is 9.18. The molecule has 0 saturated heterocycles. The number of carbonyl (C=O) groups is 2. The van der Waals surface area contributed by atoms with Crippen LogP contribution in [0.3, 0.4) is 0 Å². The van der Waals surface area contributed by atoms with Gasteiger partial charge in [-0.3, -0.25) is 4.79 Å². The van der Waals surface area contributed by atoms with Crippen molar-refractivity contribution in [3.63, 3.8) is 0 Å². The quantitative estimate of drug-likeness (QED) is 0.518. The Morgan fingerprint density at radius 2 is 1.91 bits per heavy atom. The summed E-state index contributed by atoms with van der Waals surface area (Å²) in [6, 6.07) is 10.5. The zero-order valence-corrected chi connectivity index (χ0v) is 19.9. The number of hydrogen-bond donors (Lipinski definition) is 0. The van der Waals surface area contributed by atoms with E-state index in [0.717, 1.165) is 36.3 Å². The number of benzene rings is 1. The van der Waals surface area contributed by atoms with E-state index in [-0.39, 0.29) is 5.82 Å². The number of imide groups is 1. The van der Waals surface area contributed by atoms with Gasteiger partial charge in [-0.1, -0.05) is 18.6 Å². The largest absolute Gasteiger partial charge is 0.497 e. The zero-order valence-electron chi connectivity index (χ0n) is 19.9. The summed E-state index contributed by atoms with van der Waals surface area (Å²) in [5, 5.41) is 8.26. The first-order valence-electron chi connectivity index (χ1n) is 11.4. The molecule has 9 nitrogen and oxygen atoms in total. The van der Waals surface area contributed by atoms with Gasteiger partial charge in [0.2, 0.25) is 0 Å². The minimum atomic E-state index is -0.801. The molecule has 4 rings (SSSR count). The molecule has 34 heavy (non-hydrogen) atoms. The SMILES string of the molecule is COc1ccc2c(c1)C(=O)N(C(=O)OC(C)(C)C)c1cccc(n1)-c1nncn1CCCCC2. The van der Waals surface area contributed by atoms with Crippen molar-refractivity contribution in [3.8, 4) is 17.3 Å². The van der Waals surface area contributed by atoms with Crippen LogP contribution in [0.25, 0.3) is 11.5 Å². The summed E-state index contributed by atoms with van der Waals surface area (Å²) in [5.74, 6) is 0.744. The van der Waals surface area contributed by atoms with E-state index in [4.69, 9.17) is 9.47 Å². The van der Waals surface area contributed by atoms with Gasteiger partial charge in [-0.2, -0.15) is 4.90 Å². The summed E-state index contributed by atoms with van der Waals surface area (Å²) in [5.41, 5.74) is 0.945. The maximum Gasteiger partial charge on any atom is 0.423 e. The minimum Gasteiger partial charge on any atom is -0.497 e. The number of aromatic nitrogens is 4. The standard InChI is InChI=1S/C25H29N5O4/c1-25(2,3)34-24(32)30-21-11-8-10-20(27-21)22-28-26-16-29(22)14-7-5-6-9-17-12-13-18(33-4)15-19(17)23(30)31/h8,10-13,15-16H,5-7,9,14H2,1-4H3. The van der Waals surface area contributed by atoms with Gasteiger partial charge in [0.05, 0.1) is 7.11 Å². The van der Waals surface area contributed by atoms with E-state index < -0.39 is 17.6 Å². The van der Waals surface area contributed by atoms with Crippen molar-refractivity contribution >= 4 is 17.8 Å². The number of pyridine rings is 1. The molecular weight excluding hydrogens is 434 g/mol. The number of aryl methyl sites for hydroxylation is 2. The molecule has 0 saturated carbocycles. The second-order valence-electron chi connectivity index (χ2n) is 9.18. The van der Waals surface area contributed by atoms with E-state index in [1.165, 1.54) is 0 Å². The molecule has 1 aliphatic heterocycles. The first-order valence-corrected chi connectivity index (χ1v) is 11.4. The van der Waals surface area contributed by atoms with Crippen LogP contribution >= 0.6 is 0 Å². The predicted molar refractivity (Wildman–Crippen MR) is 127 cm³/mol. The van der Waals surface area contributed by atoms with Crippen molar-refractivity contribution in [2.45, 2.75) is 58.6 Å². The Bertz CT molecular complexity index is 1200. The van der Waals surface area contributed by atoms with Crippen LogP contribution in [0.5, 0.6) is 5.75 Å². The smallest absolute Gasteiger partial charge is 0.423 e. The molecule has 1 aliphatic rings. The van der Waals surface area contributed by atoms with Gasteiger partial charge >= 0.3 is 6.09 Å². The Morgan fingerprint density at radius 1 is 1.09 bits per heavy atom. The second kappa shape index (κ2) is 9.62. The minimum absolute atomic E-state index is 0.150. The Morgan fingerprint density at radius 3 is 2.68 bits per heavy atom. The van der Waals surface area contributed by atoms with Crippen LogP contribution in [0.2, 0.25) is 0 Å². The lowest BCUT2D eigenvalue weighted by Gasteiger charge is -2.26. The average molecular weight is 464 g/mol. The van der Waals surface area contributed by atoms with Gasteiger partial charge in [-0.25, -0.2) is 9.78 Å². The van der Waals surface area contributed by atoms with Gasteiger partial charge < -0.3 is 14.0 Å². The number of ether oxygens (including phenoxy) is 2. The van der Waals surface area contributed by atoms with Crippen molar-refractivity contribution in [2.24, 2.45) is 0 Å². The van der Waals surface area contributed by atoms with Crippen molar-refractivity contribution in [1.82, 2.24) is 19.7 Å². The third-order valence-electron chi connectivity index (χ3n) is 5.48. The highest BCUT2D eigenvalue weighted by Gasteiger charge is 2.32. The molecule has 2 bridgehead atoms. The van der Waals surface area contributed by atoms with E-state index in [9.17, 15) is 9.59 Å². The Balaban J connectivity index is 1.88. The number of nitrogens with zero attached hydrogens (tertiary/aromatic N) is 5. The molecule has 3 aromatic rings. The third kappa shape index (κ3) is 5.08. The zero-order chi connectivity index (χ0) is 24.3. The molecule has 0 unspecified atom stereocenters. The Hall–Kier alpha value is -3.75.